The van der Waals surface area contributed by atoms with Crippen molar-refractivity contribution in [3.63, 3.8) is 0 Å². The third-order valence-electron chi connectivity index (χ3n) is 3.62. The van der Waals surface area contributed by atoms with Gasteiger partial charge in [-0.3, -0.25) is 4.79 Å². The molecule has 1 N–H and O–H groups in total. The smallest absolute Gasteiger partial charge is 0.223 e. The quantitative estimate of drug-likeness (QED) is 0.823. The number of aromatic amines is 1. The van der Waals surface area contributed by atoms with Gasteiger partial charge in [0.15, 0.2) is 0 Å². The predicted molar refractivity (Wildman–Crippen MR) is 72.0 cm³/mol. The van der Waals surface area contributed by atoms with Crippen molar-refractivity contribution in [2.24, 2.45) is 5.92 Å². The van der Waals surface area contributed by atoms with E-state index in [-0.39, 0.29) is 5.91 Å². The highest BCUT2D eigenvalue weighted by atomic mass is 16.2. The maximum Gasteiger partial charge on any atom is 0.223 e. The van der Waals surface area contributed by atoms with E-state index in [1.54, 1.807) is 0 Å². The predicted octanol–water partition coefficient (Wildman–Crippen LogP) is 2.70. The summed E-state index contributed by atoms with van der Waals surface area (Å²) in [5.74, 6) is 0.537. The highest BCUT2D eigenvalue weighted by molar-refractivity contribution is 5.84. The molecule has 3 heteroatoms. The van der Waals surface area contributed by atoms with E-state index in [9.17, 15) is 4.79 Å². The van der Waals surface area contributed by atoms with Gasteiger partial charge in [0.05, 0.1) is 0 Å². The van der Waals surface area contributed by atoms with Crippen molar-refractivity contribution in [1.29, 1.82) is 0 Å². The van der Waals surface area contributed by atoms with Gasteiger partial charge in [-0.2, -0.15) is 0 Å². The Morgan fingerprint density at radius 2 is 2.33 bits per heavy atom. The van der Waals surface area contributed by atoms with E-state index in [0.29, 0.717) is 18.9 Å². The zero-order valence-electron chi connectivity index (χ0n) is 10.2. The van der Waals surface area contributed by atoms with E-state index in [2.05, 4.69) is 29.8 Å². The first-order valence-corrected chi connectivity index (χ1v) is 6.23. The van der Waals surface area contributed by atoms with Crippen LogP contribution in [0.1, 0.15) is 12.0 Å². The van der Waals surface area contributed by atoms with E-state index >= 15 is 0 Å². The summed E-state index contributed by atoms with van der Waals surface area (Å²) in [6.45, 7) is 5.26. The number of fused-ring (bicyclic) bond motifs is 1. The van der Waals surface area contributed by atoms with Crippen LogP contribution in [0.15, 0.2) is 43.1 Å². The van der Waals surface area contributed by atoms with Crippen LogP contribution in [0.25, 0.3) is 10.9 Å². The molecule has 0 saturated carbocycles. The molecule has 92 valence electrons. The summed E-state index contributed by atoms with van der Waals surface area (Å²) in [6.07, 6.45) is 4.42. The number of nitrogens with zero attached hydrogens (tertiary/aromatic N) is 1. The van der Waals surface area contributed by atoms with Crippen molar-refractivity contribution in [3.8, 4) is 0 Å². The van der Waals surface area contributed by atoms with Gasteiger partial charge in [-0.1, -0.05) is 18.2 Å². The lowest BCUT2D eigenvalue weighted by atomic mass is 10.1. The summed E-state index contributed by atoms with van der Waals surface area (Å²) in [5.41, 5.74) is 2.33. The molecule has 1 atom stereocenters. The molecule has 3 nitrogen and oxygen atoms in total. The summed E-state index contributed by atoms with van der Waals surface area (Å²) in [4.78, 5) is 17.0. The van der Waals surface area contributed by atoms with Crippen molar-refractivity contribution >= 4 is 16.8 Å². The molecule has 0 spiro atoms. The van der Waals surface area contributed by atoms with Crippen molar-refractivity contribution in [3.05, 3.63) is 48.7 Å². The van der Waals surface area contributed by atoms with E-state index in [4.69, 9.17) is 0 Å². The monoisotopic (exact) mass is 240 g/mol. The Kier molecular flexibility index (Phi) is 2.67. The molecule has 3 rings (SSSR count). The van der Waals surface area contributed by atoms with Gasteiger partial charge in [-0.25, -0.2) is 0 Å². The number of carbonyl (C=O) groups is 1. The molecular weight excluding hydrogens is 224 g/mol. The third kappa shape index (κ3) is 1.82. The van der Waals surface area contributed by atoms with E-state index in [1.165, 1.54) is 10.9 Å². The number of hydrogen-bond donors (Lipinski definition) is 1. The fraction of sp³-hybridized carbons (Fsp3) is 0.267. The van der Waals surface area contributed by atoms with E-state index < -0.39 is 0 Å². The lowest BCUT2D eigenvalue weighted by molar-refractivity contribution is -0.128. The van der Waals surface area contributed by atoms with Gasteiger partial charge in [0.1, 0.15) is 0 Å². The van der Waals surface area contributed by atoms with E-state index in [0.717, 1.165) is 12.1 Å². The average Bonchev–Trinajstić information content (AvgIpc) is 2.97. The van der Waals surface area contributed by atoms with Crippen LogP contribution in [0.2, 0.25) is 0 Å². The van der Waals surface area contributed by atoms with Crippen LogP contribution < -0.4 is 0 Å². The molecule has 1 saturated heterocycles. The normalized spacial score (nSPS) is 19.7. The maximum absolute atomic E-state index is 11.9. The van der Waals surface area contributed by atoms with Crippen LogP contribution in [0, 0.1) is 5.92 Å². The minimum Gasteiger partial charge on any atom is -0.361 e. The van der Waals surface area contributed by atoms with Crippen LogP contribution in [0.5, 0.6) is 0 Å². The highest BCUT2D eigenvalue weighted by Crippen LogP contribution is 2.24. The lowest BCUT2D eigenvalue weighted by Gasteiger charge is -2.16. The van der Waals surface area contributed by atoms with Crippen LogP contribution in [0.3, 0.4) is 0 Å². The summed E-state index contributed by atoms with van der Waals surface area (Å²) in [5, 5.41) is 1.20. The van der Waals surface area contributed by atoms with Crippen molar-refractivity contribution in [2.75, 3.05) is 6.54 Å². The van der Waals surface area contributed by atoms with Crippen molar-refractivity contribution in [1.82, 2.24) is 9.88 Å². The topological polar surface area (TPSA) is 36.1 Å². The number of aromatic nitrogens is 1. The van der Waals surface area contributed by atoms with Gasteiger partial charge in [-0.05, 0) is 17.7 Å². The lowest BCUT2D eigenvalue weighted by Crippen LogP contribution is -2.24. The Labute approximate surface area is 106 Å². The zero-order chi connectivity index (χ0) is 12.5. The number of carbonyl (C=O) groups excluding carboxylic acids is 1. The molecule has 2 aromatic rings. The van der Waals surface area contributed by atoms with Crippen LogP contribution in [-0.4, -0.2) is 22.3 Å². The van der Waals surface area contributed by atoms with E-state index in [1.807, 2.05) is 23.2 Å². The Morgan fingerprint density at radius 3 is 3.11 bits per heavy atom. The first-order chi connectivity index (χ1) is 8.78. The number of nitrogens with one attached hydrogen (secondary N) is 1. The molecule has 1 fully saturated rings. The summed E-state index contributed by atoms with van der Waals surface area (Å²) in [7, 11) is 0. The molecule has 1 aliphatic heterocycles. The largest absolute Gasteiger partial charge is 0.361 e. The first-order valence-electron chi connectivity index (χ1n) is 6.23. The van der Waals surface area contributed by atoms with Gasteiger partial charge in [0.2, 0.25) is 5.91 Å². The summed E-state index contributed by atoms with van der Waals surface area (Å²) >= 11 is 0. The maximum atomic E-state index is 11.9. The minimum atomic E-state index is 0.229. The summed E-state index contributed by atoms with van der Waals surface area (Å²) in [6, 6.07) is 8.23. The molecular formula is C15H16N2O. The molecule has 1 aliphatic rings. The highest BCUT2D eigenvalue weighted by Gasteiger charge is 2.27. The second-order valence-electron chi connectivity index (χ2n) is 4.83. The second kappa shape index (κ2) is 4.33. The molecule has 1 aromatic heterocycles. The fourth-order valence-corrected chi connectivity index (χ4v) is 2.61. The fourth-order valence-electron chi connectivity index (χ4n) is 2.61. The molecule has 2 heterocycles. The molecule has 1 aromatic carbocycles. The van der Waals surface area contributed by atoms with Crippen LogP contribution >= 0.6 is 0 Å². The molecule has 1 amide bonds. The van der Waals surface area contributed by atoms with Gasteiger partial charge in [0.25, 0.3) is 0 Å². The van der Waals surface area contributed by atoms with Gasteiger partial charge < -0.3 is 9.88 Å². The molecule has 0 radical (unpaired) electrons. The number of hydrogen-bond acceptors (Lipinski definition) is 1. The SMILES string of the molecule is C=CC1CC(=O)N(Cc2cccc3[nH]ccc23)C1. The van der Waals surface area contributed by atoms with Crippen LogP contribution in [0.4, 0.5) is 0 Å². The number of H-pyrrole nitrogens is 1. The third-order valence-corrected chi connectivity index (χ3v) is 3.62. The molecule has 0 aliphatic carbocycles. The second-order valence-corrected chi connectivity index (χ2v) is 4.83. The Balaban J connectivity index is 1.86. The van der Waals surface area contributed by atoms with Gasteiger partial charge in [0, 0.05) is 42.5 Å². The Bertz CT molecular complexity index is 599. The van der Waals surface area contributed by atoms with Gasteiger partial charge >= 0.3 is 0 Å². The number of amides is 1. The first kappa shape index (κ1) is 11.1. The van der Waals surface area contributed by atoms with Crippen molar-refractivity contribution < 1.29 is 4.79 Å². The van der Waals surface area contributed by atoms with Crippen LogP contribution in [-0.2, 0) is 11.3 Å². The molecule has 18 heavy (non-hydrogen) atoms. The zero-order valence-corrected chi connectivity index (χ0v) is 10.2. The number of benzene rings is 1. The molecule has 1 unspecified atom stereocenters. The Morgan fingerprint density at radius 1 is 1.44 bits per heavy atom. The average molecular weight is 240 g/mol. The molecule has 0 bridgehead atoms. The number of rotatable bonds is 3. The minimum absolute atomic E-state index is 0.229. The Hall–Kier alpha value is -2.03. The number of likely N-dealkylation sites (tertiary alicyclic amines) is 1. The standard InChI is InChI=1S/C15H16N2O/c1-2-11-8-15(18)17(9-11)10-12-4-3-5-14-13(12)6-7-16-14/h2-7,11,16H,1,8-10H2. The van der Waals surface area contributed by atoms with Crippen molar-refractivity contribution in [2.45, 2.75) is 13.0 Å². The summed E-state index contributed by atoms with van der Waals surface area (Å²) < 4.78 is 0. The van der Waals surface area contributed by atoms with Gasteiger partial charge in [-0.15, -0.1) is 6.58 Å².